The molecular weight excluding hydrogens is 354 g/mol. The van der Waals surface area contributed by atoms with Crippen molar-refractivity contribution in [2.75, 3.05) is 37.1 Å². The average Bonchev–Trinajstić information content (AvgIpc) is 3.04. The first kappa shape index (κ1) is 18.2. The molecular formula is C13H19N5O2S3. The number of nitrogens with zero attached hydrogens (tertiary/aromatic N) is 5. The standard InChI is InChI=1S/C13H19N5O2S3/c1-9-8-10(23-16-9)14-15-11-12(19)17(4-6-21-2)18(13(11)20)5-7-22-3/h8,11H,4-7H2,1-3H3. The number of hydrogen-bond donors (Lipinski definition) is 0. The van der Waals surface area contributed by atoms with Crippen molar-refractivity contribution in [3.8, 4) is 0 Å². The zero-order valence-electron chi connectivity index (χ0n) is 13.3. The van der Waals surface area contributed by atoms with E-state index < -0.39 is 6.04 Å². The van der Waals surface area contributed by atoms with Crippen LogP contribution in [0, 0.1) is 6.92 Å². The van der Waals surface area contributed by atoms with Crippen molar-refractivity contribution in [3.63, 3.8) is 0 Å². The normalized spacial score (nSPS) is 16.3. The molecule has 10 heteroatoms. The first-order chi connectivity index (χ1) is 11.1. The summed E-state index contributed by atoms with van der Waals surface area (Å²) in [5.74, 6) is 0.949. The maximum atomic E-state index is 12.5. The molecule has 126 valence electrons. The Labute approximate surface area is 148 Å². The second-order valence-electron chi connectivity index (χ2n) is 4.83. The lowest BCUT2D eigenvalue weighted by atomic mass is 10.3. The molecule has 1 aromatic rings. The Hall–Kier alpha value is -1.13. The first-order valence-electron chi connectivity index (χ1n) is 7.03. The summed E-state index contributed by atoms with van der Waals surface area (Å²) < 4.78 is 4.10. The number of azo groups is 1. The van der Waals surface area contributed by atoms with Crippen LogP contribution < -0.4 is 0 Å². The molecule has 1 saturated heterocycles. The molecule has 2 amide bonds. The van der Waals surface area contributed by atoms with Crippen LogP contribution in [0.4, 0.5) is 5.00 Å². The zero-order chi connectivity index (χ0) is 16.8. The van der Waals surface area contributed by atoms with Crippen LogP contribution in [0.5, 0.6) is 0 Å². The van der Waals surface area contributed by atoms with Crippen LogP contribution in [0.25, 0.3) is 0 Å². The largest absolute Gasteiger partial charge is 0.277 e. The lowest BCUT2D eigenvalue weighted by molar-refractivity contribution is -0.145. The van der Waals surface area contributed by atoms with Crippen LogP contribution in [-0.4, -0.2) is 69.4 Å². The van der Waals surface area contributed by atoms with Gasteiger partial charge in [0.15, 0.2) is 5.00 Å². The highest BCUT2D eigenvalue weighted by Gasteiger charge is 2.45. The van der Waals surface area contributed by atoms with Gasteiger partial charge in [0.1, 0.15) is 0 Å². The van der Waals surface area contributed by atoms with Crippen molar-refractivity contribution >= 4 is 51.9 Å². The van der Waals surface area contributed by atoms with Gasteiger partial charge in [-0.25, -0.2) is 10.0 Å². The van der Waals surface area contributed by atoms with E-state index in [-0.39, 0.29) is 11.8 Å². The third-order valence-corrected chi connectivity index (χ3v) is 5.12. The fraction of sp³-hybridized carbons (Fsp3) is 0.615. The predicted octanol–water partition coefficient (Wildman–Crippen LogP) is 2.22. The monoisotopic (exact) mass is 373 g/mol. The number of carbonyl (C=O) groups is 2. The summed E-state index contributed by atoms with van der Waals surface area (Å²) in [7, 11) is 0. The van der Waals surface area contributed by atoms with E-state index in [0.717, 1.165) is 17.2 Å². The van der Waals surface area contributed by atoms with Gasteiger partial charge in [0, 0.05) is 11.5 Å². The topological polar surface area (TPSA) is 78.2 Å². The minimum absolute atomic E-state index is 0.296. The summed E-state index contributed by atoms with van der Waals surface area (Å²) in [6.07, 6.45) is 3.94. The lowest BCUT2D eigenvalue weighted by Gasteiger charge is -2.26. The van der Waals surface area contributed by atoms with E-state index in [9.17, 15) is 9.59 Å². The molecule has 0 bridgehead atoms. The molecule has 1 fully saturated rings. The Morgan fingerprint density at radius 2 is 1.74 bits per heavy atom. The highest BCUT2D eigenvalue weighted by molar-refractivity contribution is 7.98. The summed E-state index contributed by atoms with van der Waals surface area (Å²) in [5, 5.41) is 11.6. The number of aromatic nitrogens is 1. The molecule has 1 aliphatic heterocycles. The molecule has 0 aromatic carbocycles. The second kappa shape index (κ2) is 8.65. The van der Waals surface area contributed by atoms with Gasteiger partial charge < -0.3 is 0 Å². The van der Waals surface area contributed by atoms with Crippen molar-refractivity contribution in [1.29, 1.82) is 0 Å². The summed E-state index contributed by atoms with van der Waals surface area (Å²) >= 11 is 4.47. The summed E-state index contributed by atoms with van der Waals surface area (Å²) in [5.41, 5.74) is 0.844. The van der Waals surface area contributed by atoms with Gasteiger partial charge in [-0.05, 0) is 37.0 Å². The smallest absolute Gasteiger partial charge is 0.270 e. The lowest BCUT2D eigenvalue weighted by Crippen LogP contribution is -2.43. The number of thioether (sulfide) groups is 2. The quantitative estimate of drug-likeness (QED) is 0.516. The van der Waals surface area contributed by atoms with E-state index in [2.05, 4.69) is 14.6 Å². The Bertz CT molecular complexity index is 566. The highest BCUT2D eigenvalue weighted by Crippen LogP contribution is 2.23. The Balaban J connectivity index is 2.14. The van der Waals surface area contributed by atoms with Crippen molar-refractivity contribution in [2.45, 2.75) is 13.0 Å². The number of aryl methyl sites for hydroxylation is 1. The van der Waals surface area contributed by atoms with Crippen LogP contribution in [0.3, 0.4) is 0 Å². The van der Waals surface area contributed by atoms with Crippen LogP contribution >= 0.6 is 35.1 Å². The van der Waals surface area contributed by atoms with E-state index in [1.165, 1.54) is 21.6 Å². The van der Waals surface area contributed by atoms with Gasteiger partial charge in [0.05, 0.1) is 18.8 Å². The predicted molar refractivity (Wildman–Crippen MR) is 95.3 cm³/mol. The molecule has 7 nitrogen and oxygen atoms in total. The maximum Gasteiger partial charge on any atom is 0.277 e. The van der Waals surface area contributed by atoms with E-state index in [4.69, 9.17) is 0 Å². The molecule has 0 atom stereocenters. The van der Waals surface area contributed by atoms with Crippen molar-refractivity contribution in [3.05, 3.63) is 11.8 Å². The van der Waals surface area contributed by atoms with E-state index in [1.54, 1.807) is 29.6 Å². The molecule has 0 spiro atoms. The fourth-order valence-corrected chi connectivity index (χ4v) is 3.36. The number of amides is 2. The van der Waals surface area contributed by atoms with Gasteiger partial charge in [-0.1, -0.05) is 0 Å². The maximum absolute atomic E-state index is 12.5. The Morgan fingerprint density at radius 3 is 2.17 bits per heavy atom. The number of rotatable bonds is 8. The van der Waals surface area contributed by atoms with E-state index >= 15 is 0 Å². The van der Waals surface area contributed by atoms with Crippen LogP contribution in [0.15, 0.2) is 16.3 Å². The summed E-state index contributed by atoms with van der Waals surface area (Å²) in [6, 6.07) is 0.704. The second-order valence-corrected chi connectivity index (χ2v) is 7.59. The SMILES string of the molecule is CSCCN1C(=O)C(N=Nc2cc(C)ns2)C(=O)N1CCSC. The molecule has 2 rings (SSSR count). The van der Waals surface area contributed by atoms with Gasteiger partial charge in [0.25, 0.3) is 11.8 Å². The summed E-state index contributed by atoms with van der Waals surface area (Å²) in [4.78, 5) is 25.0. The minimum atomic E-state index is -1.07. The molecule has 0 saturated carbocycles. The molecule has 0 aliphatic carbocycles. The Morgan fingerprint density at radius 1 is 1.17 bits per heavy atom. The molecule has 23 heavy (non-hydrogen) atoms. The van der Waals surface area contributed by atoms with Crippen molar-refractivity contribution in [1.82, 2.24) is 14.4 Å². The molecule has 0 N–H and O–H groups in total. The third-order valence-electron chi connectivity index (χ3n) is 3.17. The van der Waals surface area contributed by atoms with Gasteiger partial charge >= 0.3 is 0 Å². The zero-order valence-corrected chi connectivity index (χ0v) is 15.7. The minimum Gasteiger partial charge on any atom is -0.270 e. The Kier molecular flexibility index (Phi) is 6.85. The number of hydrogen-bond acceptors (Lipinski definition) is 8. The van der Waals surface area contributed by atoms with Crippen LogP contribution in [0.2, 0.25) is 0 Å². The van der Waals surface area contributed by atoms with Gasteiger partial charge in [-0.2, -0.15) is 33.0 Å². The molecule has 1 aromatic heterocycles. The third kappa shape index (κ3) is 4.45. The van der Waals surface area contributed by atoms with Crippen LogP contribution in [0.1, 0.15) is 5.69 Å². The fourth-order valence-electron chi connectivity index (χ4n) is 2.05. The van der Waals surface area contributed by atoms with Gasteiger partial charge in [-0.15, -0.1) is 5.11 Å². The first-order valence-corrected chi connectivity index (χ1v) is 10.6. The van der Waals surface area contributed by atoms with Gasteiger partial charge in [0.2, 0.25) is 6.04 Å². The van der Waals surface area contributed by atoms with Crippen LogP contribution in [-0.2, 0) is 9.59 Å². The van der Waals surface area contributed by atoms with Crippen molar-refractivity contribution < 1.29 is 9.59 Å². The van der Waals surface area contributed by atoms with Crippen molar-refractivity contribution in [2.24, 2.45) is 10.2 Å². The number of hydrazine groups is 1. The molecule has 2 heterocycles. The molecule has 1 aliphatic rings. The summed E-state index contributed by atoms with van der Waals surface area (Å²) in [6.45, 7) is 2.87. The molecule has 0 radical (unpaired) electrons. The highest BCUT2D eigenvalue weighted by atomic mass is 32.2. The molecule has 0 unspecified atom stereocenters. The average molecular weight is 374 g/mol. The van der Waals surface area contributed by atoms with E-state index in [1.807, 2.05) is 19.4 Å². The number of carbonyl (C=O) groups excluding carboxylic acids is 2. The van der Waals surface area contributed by atoms with E-state index in [0.29, 0.717) is 18.1 Å². The van der Waals surface area contributed by atoms with Gasteiger partial charge in [-0.3, -0.25) is 9.59 Å².